The van der Waals surface area contributed by atoms with Gasteiger partial charge in [-0.1, -0.05) is 18.2 Å². The lowest BCUT2D eigenvalue weighted by molar-refractivity contribution is -0.137. The second-order valence-corrected chi connectivity index (χ2v) is 7.19. The normalized spacial score (nSPS) is 17.3. The molecule has 2 aromatic rings. The van der Waals surface area contributed by atoms with Crippen LogP contribution in [-0.2, 0) is 19.1 Å². The van der Waals surface area contributed by atoms with Crippen LogP contribution in [-0.4, -0.2) is 48.5 Å². The van der Waals surface area contributed by atoms with Crippen LogP contribution in [0.3, 0.4) is 0 Å². The molecule has 0 saturated carbocycles. The summed E-state index contributed by atoms with van der Waals surface area (Å²) in [5.74, 6) is 0.612. The Kier molecular flexibility index (Phi) is 5.02. The van der Waals surface area contributed by atoms with E-state index in [2.05, 4.69) is 17.0 Å². The van der Waals surface area contributed by atoms with E-state index in [-0.39, 0.29) is 11.5 Å². The SMILES string of the molecule is O=C(c1cccc(C(F)(F)F)c1)N1CCN(Cc2ccc3c(c2)CCO3)CC1. The zero-order valence-corrected chi connectivity index (χ0v) is 15.3. The van der Waals surface area contributed by atoms with E-state index >= 15 is 0 Å². The number of nitrogens with zero attached hydrogens (tertiary/aromatic N) is 2. The molecule has 0 unspecified atom stereocenters. The number of ether oxygens (including phenoxy) is 1. The summed E-state index contributed by atoms with van der Waals surface area (Å²) >= 11 is 0. The molecule has 2 aliphatic rings. The molecular formula is C21H21F3N2O2. The maximum absolute atomic E-state index is 12.9. The fourth-order valence-electron chi connectivity index (χ4n) is 3.72. The molecule has 0 atom stereocenters. The fraction of sp³-hybridized carbons (Fsp3) is 0.381. The average molecular weight is 390 g/mol. The Balaban J connectivity index is 1.36. The Morgan fingerprint density at radius 3 is 2.57 bits per heavy atom. The number of hydrogen-bond acceptors (Lipinski definition) is 3. The van der Waals surface area contributed by atoms with Crippen molar-refractivity contribution in [2.75, 3.05) is 32.8 Å². The van der Waals surface area contributed by atoms with Gasteiger partial charge in [0, 0.05) is 44.7 Å². The minimum Gasteiger partial charge on any atom is -0.493 e. The van der Waals surface area contributed by atoms with Gasteiger partial charge in [-0.3, -0.25) is 9.69 Å². The Labute approximate surface area is 161 Å². The van der Waals surface area contributed by atoms with E-state index in [1.54, 1.807) is 4.90 Å². The van der Waals surface area contributed by atoms with E-state index in [0.29, 0.717) is 26.2 Å². The van der Waals surface area contributed by atoms with Crippen LogP contribution in [0.25, 0.3) is 0 Å². The van der Waals surface area contributed by atoms with Crippen LogP contribution in [0.2, 0.25) is 0 Å². The zero-order chi connectivity index (χ0) is 19.7. The molecule has 0 aromatic heterocycles. The van der Waals surface area contributed by atoms with E-state index in [0.717, 1.165) is 37.5 Å². The predicted octanol–water partition coefficient (Wildman–Crippen LogP) is 3.60. The summed E-state index contributed by atoms with van der Waals surface area (Å²) in [6, 6.07) is 10.9. The number of carbonyl (C=O) groups excluding carboxylic acids is 1. The molecule has 2 aromatic carbocycles. The first-order valence-electron chi connectivity index (χ1n) is 9.34. The summed E-state index contributed by atoms with van der Waals surface area (Å²) in [7, 11) is 0. The van der Waals surface area contributed by atoms with Gasteiger partial charge in [0.2, 0.25) is 0 Å². The number of piperazine rings is 1. The third kappa shape index (κ3) is 3.99. The van der Waals surface area contributed by atoms with Gasteiger partial charge < -0.3 is 9.64 Å². The van der Waals surface area contributed by atoms with Gasteiger partial charge in [0.25, 0.3) is 5.91 Å². The molecule has 0 aliphatic carbocycles. The Morgan fingerprint density at radius 2 is 1.82 bits per heavy atom. The fourth-order valence-corrected chi connectivity index (χ4v) is 3.72. The van der Waals surface area contributed by atoms with Crippen molar-refractivity contribution < 1.29 is 22.7 Å². The van der Waals surface area contributed by atoms with Crippen LogP contribution in [0.4, 0.5) is 13.2 Å². The molecule has 0 bridgehead atoms. The summed E-state index contributed by atoms with van der Waals surface area (Å²) in [6.07, 6.45) is -3.52. The Bertz CT molecular complexity index is 874. The lowest BCUT2D eigenvalue weighted by Gasteiger charge is -2.35. The first-order valence-corrected chi connectivity index (χ1v) is 9.34. The first-order chi connectivity index (χ1) is 13.4. The van der Waals surface area contributed by atoms with Gasteiger partial charge in [0.15, 0.2) is 0 Å². The van der Waals surface area contributed by atoms with Crippen molar-refractivity contribution in [3.63, 3.8) is 0 Å². The number of carbonyl (C=O) groups is 1. The molecule has 0 spiro atoms. The quantitative estimate of drug-likeness (QED) is 0.803. The van der Waals surface area contributed by atoms with E-state index in [1.807, 2.05) is 6.07 Å². The molecule has 2 aliphatic heterocycles. The first kappa shape index (κ1) is 18.8. The molecular weight excluding hydrogens is 369 g/mol. The molecule has 2 heterocycles. The average Bonchev–Trinajstić information content (AvgIpc) is 3.15. The van der Waals surface area contributed by atoms with Crippen molar-refractivity contribution >= 4 is 5.91 Å². The van der Waals surface area contributed by atoms with Gasteiger partial charge in [-0.05, 0) is 35.4 Å². The number of benzene rings is 2. The zero-order valence-electron chi connectivity index (χ0n) is 15.3. The molecule has 1 fully saturated rings. The van der Waals surface area contributed by atoms with Crippen LogP contribution in [0.5, 0.6) is 5.75 Å². The van der Waals surface area contributed by atoms with Crippen LogP contribution in [0.15, 0.2) is 42.5 Å². The van der Waals surface area contributed by atoms with Crippen LogP contribution >= 0.6 is 0 Å². The number of halogens is 3. The lowest BCUT2D eigenvalue weighted by Crippen LogP contribution is -2.48. The molecule has 1 amide bonds. The third-order valence-electron chi connectivity index (χ3n) is 5.26. The van der Waals surface area contributed by atoms with E-state index in [4.69, 9.17) is 4.74 Å². The summed E-state index contributed by atoms with van der Waals surface area (Å²) in [4.78, 5) is 16.5. The molecule has 4 nitrogen and oxygen atoms in total. The topological polar surface area (TPSA) is 32.8 Å². The highest BCUT2D eigenvalue weighted by molar-refractivity contribution is 5.94. The smallest absolute Gasteiger partial charge is 0.416 e. The summed E-state index contributed by atoms with van der Waals surface area (Å²) in [5.41, 5.74) is 1.73. The molecule has 4 rings (SSSR count). The summed E-state index contributed by atoms with van der Waals surface area (Å²) < 4.78 is 44.2. The number of fused-ring (bicyclic) bond motifs is 1. The van der Waals surface area contributed by atoms with Gasteiger partial charge in [-0.15, -0.1) is 0 Å². The Hall–Kier alpha value is -2.54. The van der Waals surface area contributed by atoms with E-state index in [1.165, 1.54) is 23.3 Å². The van der Waals surface area contributed by atoms with E-state index in [9.17, 15) is 18.0 Å². The summed E-state index contributed by atoms with van der Waals surface area (Å²) in [6.45, 7) is 3.91. The maximum Gasteiger partial charge on any atom is 0.416 e. The second kappa shape index (κ2) is 7.47. The molecule has 148 valence electrons. The van der Waals surface area contributed by atoms with Gasteiger partial charge in [-0.2, -0.15) is 13.2 Å². The molecule has 7 heteroatoms. The highest BCUT2D eigenvalue weighted by atomic mass is 19.4. The van der Waals surface area contributed by atoms with Crippen molar-refractivity contribution in [1.82, 2.24) is 9.80 Å². The van der Waals surface area contributed by atoms with Crippen LogP contribution < -0.4 is 4.74 Å². The van der Waals surface area contributed by atoms with Crippen LogP contribution in [0.1, 0.15) is 27.0 Å². The highest BCUT2D eigenvalue weighted by Gasteiger charge is 2.31. The van der Waals surface area contributed by atoms with Gasteiger partial charge in [0.1, 0.15) is 5.75 Å². The number of amides is 1. The largest absolute Gasteiger partial charge is 0.493 e. The summed E-state index contributed by atoms with van der Waals surface area (Å²) in [5, 5.41) is 0. The second-order valence-electron chi connectivity index (χ2n) is 7.19. The molecule has 1 saturated heterocycles. The lowest BCUT2D eigenvalue weighted by atomic mass is 10.1. The van der Waals surface area contributed by atoms with Gasteiger partial charge in [0.05, 0.1) is 12.2 Å². The van der Waals surface area contributed by atoms with Crippen molar-refractivity contribution in [2.24, 2.45) is 0 Å². The molecule has 0 N–H and O–H groups in total. The minimum absolute atomic E-state index is 0.0851. The number of rotatable bonds is 3. The monoisotopic (exact) mass is 390 g/mol. The highest BCUT2D eigenvalue weighted by Crippen LogP contribution is 2.30. The van der Waals surface area contributed by atoms with E-state index < -0.39 is 11.7 Å². The maximum atomic E-state index is 12.9. The molecule has 28 heavy (non-hydrogen) atoms. The number of hydrogen-bond donors (Lipinski definition) is 0. The van der Waals surface area contributed by atoms with Crippen molar-refractivity contribution in [1.29, 1.82) is 0 Å². The minimum atomic E-state index is -4.45. The predicted molar refractivity (Wildman–Crippen MR) is 98.3 cm³/mol. The van der Waals surface area contributed by atoms with Crippen LogP contribution in [0, 0.1) is 0 Å². The van der Waals surface area contributed by atoms with Gasteiger partial charge >= 0.3 is 6.18 Å². The van der Waals surface area contributed by atoms with Gasteiger partial charge in [-0.25, -0.2) is 0 Å². The van der Waals surface area contributed by atoms with Crippen molar-refractivity contribution in [2.45, 2.75) is 19.1 Å². The standard InChI is InChI=1S/C21H21F3N2O2/c22-21(23,24)18-3-1-2-17(13-18)20(27)26-9-7-25(8-10-26)14-15-4-5-19-16(12-15)6-11-28-19/h1-5,12-13H,6-11,14H2. The van der Waals surface area contributed by atoms with Crippen molar-refractivity contribution in [3.05, 3.63) is 64.7 Å². The molecule has 0 radical (unpaired) electrons. The van der Waals surface area contributed by atoms with Crippen molar-refractivity contribution in [3.8, 4) is 5.75 Å². The third-order valence-corrected chi connectivity index (χ3v) is 5.26. The number of alkyl halides is 3. The Morgan fingerprint density at radius 1 is 1.04 bits per heavy atom.